The predicted molar refractivity (Wildman–Crippen MR) is 92.7 cm³/mol. The van der Waals surface area contributed by atoms with Gasteiger partial charge in [0.25, 0.3) is 0 Å². The minimum atomic E-state index is -3.66. The normalized spacial score (nSPS) is 15.4. The molecular formula is C17H21N3O4S. The first-order valence-corrected chi connectivity index (χ1v) is 9.52. The molecule has 2 aromatic rings. The lowest BCUT2D eigenvalue weighted by Gasteiger charge is -2.20. The van der Waals surface area contributed by atoms with Gasteiger partial charge in [-0.15, -0.1) is 0 Å². The summed E-state index contributed by atoms with van der Waals surface area (Å²) >= 11 is 0. The van der Waals surface area contributed by atoms with Gasteiger partial charge in [0, 0.05) is 31.8 Å². The number of rotatable bonds is 5. The molecule has 0 atom stereocenters. The molecule has 1 fully saturated rings. The molecule has 1 saturated heterocycles. The summed E-state index contributed by atoms with van der Waals surface area (Å²) < 4.78 is 31.9. The molecule has 0 aliphatic carbocycles. The van der Waals surface area contributed by atoms with Gasteiger partial charge in [-0.05, 0) is 44.0 Å². The molecule has 3 rings (SSSR count). The smallest absolute Gasteiger partial charge is 0.243 e. The average Bonchev–Trinajstić information content (AvgIpc) is 3.15. The summed E-state index contributed by atoms with van der Waals surface area (Å²) in [4.78, 5) is 13.8. The second-order valence-corrected chi connectivity index (χ2v) is 8.30. The van der Waals surface area contributed by atoms with E-state index < -0.39 is 10.0 Å². The maximum absolute atomic E-state index is 12.8. The number of benzene rings is 1. The standard InChI is InChI=1S/C17H21N3O4S/c1-12-9-15(20-8-4-5-17(20)21)6-7-16(12)25(22,23)19(3)11-14-10-13(2)24-18-14/h6-7,9-10H,4-5,8,11H2,1-3H3. The van der Waals surface area contributed by atoms with Crippen molar-refractivity contribution >= 4 is 21.6 Å². The molecule has 1 aromatic carbocycles. The van der Waals surface area contributed by atoms with Gasteiger partial charge < -0.3 is 9.42 Å². The first-order chi connectivity index (χ1) is 11.8. The van der Waals surface area contributed by atoms with Crippen molar-refractivity contribution in [1.82, 2.24) is 9.46 Å². The van der Waals surface area contributed by atoms with Gasteiger partial charge in [0.05, 0.1) is 17.1 Å². The third-order valence-electron chi connectivity index (χ3n) is 4.29. The molecule has 0 spiro atoms. The molecule has 1 amide bonds. The van der Waals surface area contributed by atoms with E-state index in [1.807, 2.05) is 0 Å². The average molecular weight is 363 g/mol. The fraction of sp³-hybridized carbons (Fsp3) is 0.412. The molecule has 0 radical (unpaired) electrons. The lowest BCUT2D eigenvalue weighted by molar-refractivity contribution is -0.117. The van der Waals surface area contributed by atoms with Gasteiger partial charge in [-0.2, -0.15) is 4.31 Å². The topological polar surface area (TPSA) is 83.7 Å². The van der Waals surface area contributed by atoms with Gasteiger partial charge >= 0.3 is 0 Å². The predicted octanol–water partition coefficient (Wildman–Crippen LogP) is 2.24. The number of aromatic nitrogens is 1. The first kappa shape index (κ1) is 17.6. The lowest BCUT2D eigenvalue weighted by Crippen LogP contribution is -2.28. The fourth-order valence-corrected chi connectivity index (χ4v) is 4.33. The summed E-state index contributed by atoms with van der Waals surface area (Å²) in [5.41, 5.74) is 1.91. The number of sulfonamides is 1. The number of anilines is 1. The summed E-state index contributed by atoms with van der Waals surface area (Å²) in [6.07, 6.45) is 1.37. The van der Waals surface area contributed by atoms with Crippen LogP contribution >= 0.6 is 0 Å². The van der Waals surface area contributed by atoms with Crippen LogP contribution in [0.3, 0.4) is 0 Å². The van der Waals surface area contributed by atoms with E-state index in [0.29, 0.717) is 30.0 Å². The summed E-state index contributed by atoms with van der Waals surface area (Å²) in [6.45, 7) is 4.31. The number of hydrogen-bond acceptors (Lipinski definition) is 5. The van der Waals surface area contributed by atoms with Crippen LogP contribution in [-0.4, -0.2) is 37.4 Å². The van der Waals surface area contributed by atoms with E-state index in [9.17, 15) is 13.2 Å². The molecule has 0 unspecified atom stereocenters. The lowest BCUT2D eigenvalue weighted by atomic mass is 10.2. The van der Waals surface area contributed by atoms with Gasteiger partial charge in [0.15, 0.2) is 0 Å². The molecule has 8 heteroatoms. The highest BCUT2D eigenvalue weighted by Crippen LogP contribution is 2.27. The summed E-state index contributed by atoms with van der Waals surface area (Å²) in [5, 5.41) is 3.83. The molecule has 2 heterocycles. The third-order valence-corrected chi connectivity index (χ3v) is 6.26. The van der Waals surface area contributed by atoms with Crippen LogP contribution in [0.4, 0.5) is 5.69 Å². The molecular weight excluding hydrogens is 342 g/mol. The van der Waals surface area contributed by atoms with E-state index in [1.165, 1.54) is 11.4 Å². The van der Waals surface area contributed by atoms with Crippen LogP contribution in [0, 0.1) is 13.8 Å². The Morgan fingerprint density at radius 3 is 2.60 bits per heavy atom. The fourth-order valence-electron chi connectivity index (χ4n) is 2.99. The van der Waals surface area contributed by atoms with Crippen molar-refractivity contribution in [1.29, 1.82) is 0 Å². The second kappa shape index (κ2) is 6.61. The number of amides is 1. The van der Waals surface area contributed by atoms with Crippen molar-refractivity contribution in [2.75, 3.05) is 18.5 Å². The van der Waals surface area contributed by atoms with Crippen LogP contribution in [0.25, 0.3) is 0 Å². The quantitative estimate of drug-likeness (QED) is 0.813. The van der Waals surface area contributed by atoms with Gasteiger partial charge in [0.1, 0.15) is 5.76 Å². The van der Waals surface area contributed by atoms with Crippen molar-refractivity contribution in [2.45, 2.75) is 38.1 Å². The summed E-state index contributed by atoms with van der Waals surface area (Å²) in [6, 6.07) is 6.72. The van der Waals surface area contributed by atoms with Crippen molar-refractivity contribution in [3.8, 4) is 0 Å². The number of hydrogen-bond donors (Lipinski definition) is 0. The largest absolute Gasteiger partial charge is 0.361 e. The van der Waals surface area contributed by atoms with Crippen LogP contribution in [0.5, 0.6) is 0 Å². The van der Waals surface area contributed by atoms with Gasteiger partial charge in [0.2, 0.25) is 15.9 Å². The molecule has 0 bridgehead atoms. The molecule has 7 nitrogen and oxygen atoms in total. The van der Waals surface area contributed by atoms with Crippen LogP contribution < -0.4 is 4.90 Å². The summed E-state index contributed by atoms with van der Waals surface area (Å²) in [7, 11) is -2.15. The Hall–Kier alpha value is -2.19. The minimum absolute atomic E-state index is 0.0773. The molecule has 1 aromatic heterocycles. The Balaban J connectivity index is 1.85. The Labute approximate surface area is 147 Å². The minimum Gasteiger partial charge on any atom is -0.361 e. The highest BCUT2D eigenvalue weighted by molar-refractivity contribution is 7.89. The van der Waals surface area contributed by atoms with E-state index >= 15 is 0 Å². The van der Waals surface area contributed by atoms with Crippen molar-refractivity contribution in [2.24, 2.45) is 0 Å². The summed E-state index contributed by atoms with van der Waals surface area (Å²) in [5.74, 6) is 0.713. The molecule has 0 N–H and O–H groups in total. The van der Waals surface area contributed by atoms with E-state index in [1.54, 1.807) is 43.0 Å². The van der Waals surface area contributed by atoms with Crippen LogP contribution in [-0.2, 0) is 21.4 Å². The van der Waals surface area contributed by atoms with Crippen LogP contribution in [0.2, 0.25) is 0 Å². The Kier molecular flexibility index (Phi) is 4.66. The van der Waals surface area contributed by atoms with Crippen molar-refractivity contribution < 1.29 is 17.7 Å². The maximum atomic E-state index is 12.8. The maximum Gasteiger partial charge on any atom is 0.243 e. The zero-order valence-electron chi connectivity index (χ0n) is 14.5. The van der Waals surface area contributed by atoms with Crippen LogP contribution in [0.1, 0.15) is 29.9 Å². The number of aryl methyl sites for hydroxylation is 2. The van der Waals surface area contributed by atoms with E-state index in [2.05, 4.69) is 5.16 Å². The van der Waals surface area contributed by atoms with Gasteiger partial charge in [-0.3, -0.25) is 4.79 Å². The highest BCUT2D eigenvalue weighted by atomic mass is 32.2. The van der Waals surface area contributed by atoms with E-state index in [0.717, 1.165) is 12.1 Å². The third kappa shape index (κ3) is 3.45. The first-order valence-electron chi connectivity index (χ1n) is 8.08. The molecule has 134 valence electrons. The Bertz CT molecular complexity index is 904. The highest BCUT2D eigenvalue weighted by Gasteiger charge is 2.26. The van der Waals surface area contributed by atoms with Crippen LogP contribution in [0.15, 0.2) is 33.7 Å². The number of carbonyl (C=O) groups is 1. The monoisotopic (exact) mass is 363 g/mol. The molecule has 0 saturated carbocycles. The van der Waals surface area contributed by atoms with Crippen molar-refractivity contribution in [3.05, 3.63) is 41.3 Å². The SMILES string of the molecule is Cc1cc(CN(C)S(=O)(=O)c2ccc(N3CCCC3=O)cc2C)no1. The molecule has 1 aliphatic heterocycles. The zero-order chi connectivity index (χ0) is 18.2. The molecule has 1 aliphatic rings. The number of carbonyl (C=O) groups excluding carboxylic acids is 1. The second-order valence-electron chi connectivity index (χ2n) is 6.29. The zero-order valence-corrected chi connectivity index (χ0v) is 15.3. The van der Waals surface area contributed by atoms with Crippen molar-refractivity contribution in [3.63, 3.8) is 0 Å². The van der Waals surface area contributed by atoms with Gasteiger partial charge in [-0.25, -0.2) is 8.42 Å². The Morgan fingerprint density at radius 1 is 1.28 bits per heavy atom. The Morgan fingerprint density at radius 2 is 2.04 bits per heavy atom. The van der Waals surface area contributed by atoms with E-state index in [-0.39, 0.29) is 17.3 Å². The number of nitrogens with zero attached hydrogens (tertiary/aromatic N) is 3. The van der Waals surface area contributed by atoms with E-state index in [4.69, 9.17) is 4.52 Å². The molecule has 25 heavy (non-hydrogen) atoms. The van der Waals surface area contributed by atoms with Gasteiger partial charge in [-0.1, -0.05) is 5.16 Å².